The number of aromatic nitrogens is 3. The molecule has 0 fully saturated rings. The van der Waals surface area contributed by atoms with Gasteiger partial charge in [0.25, 0.3) is 0 Å². The summed E-state index contributed by atoms with van der Waals surface area (Å²) in [6.07, 6.45) is 1.78. The smallest absolute Gasteiger partial charge is 0.152 e. The molecule has 1 aromatic carbocycles. The van der Waals surface area contributed by atoms with Crippen molar-refractivity contribution >= 4 is 33.2 Å². The van der Waals surface area contributed by atoms with Crippen LogP contribution in [0.1, 0.15) is 11.4 Å². The predicted molar refractivity (Wildman–Crippen MR) is 75.2 cm³/mol. The maximum atomic E-state index is 6.34. The summed E-state index contributed by atoms with van der Waals surface area (Å²) in [5.74, 6) is 0.988. The van der Waals surface area contributed by atoms with E-state index in [1.54, 1.807) is 6.33 Å². The van der Waals surface area contributed by atoms with Crippen molar-refractivity contribution in [3.8, 4) is 0 Å². The van der Waals surface area contributed by atoms with Crippen LogP contribution in [0.5, 0.6) is 0 Å². The van der Waals surface area contributed by atoms with Gasteiger partial charge in [-0.2, -0.15) is 0 Å². The first-order valence-corrected chi connectivity index (χ1v) is 7.24. The van der Waals surface area contributed by atoms with Crippen LogP contribution in [0.2, 0.25) is 5.02 Å². The van der Waals surface area contributed by atoms with Gasteiger partial charge in [0.2, 0.25) is 0 Å². The van der Waals surface area contributed by atoms with Gasteiger partial charge in [-0.15, -0.1) is 10.2 Å². The standard InChI is InChI=1S/C12H12BrClN4/c13-6-9-1-2-11(10(14)5-9)17-3-4-18-8-15-16-12(18)7-17/h1-2,5,8H,3-4,6-7H2. The van der Waals surface area contributed by atoms with Crippen LogP contribution in [0.4, 0.5) is 5.69 Å². The van der Waals surface area contributed by atoms with Crippen molar-refractivity contribution in [3.63, 3.8) is 0 Å². The number of anilines is 1. The Morgan fingerprint density at radius 1 is 1.33 bits per heavy atom. The molecule has 3 rings (SSSR count). The highest BCUT2D eigenvalue weighted by atomic mass is 79.9. The van der Waals surface area contributed by atoms with Crippen LogP contribution in [0.15, 0.2) is 24.5 Å². The lowest BCUT2D eigenvalue weighted by molar-refractivity contribution is 0.560. The molecule has 94 valence electrons. The minimum atomic E-state index is 0.757. The van der Waals surface area contributed by atoms with Crippen LogP contribution >= 0.6 is 27.5 Å². The highest BCUT2D eigenvalue weighted by molar-refractivity contribution is 9.08. The maximum Gasteiger partial charge on any atom is 0.152 e. The molecule has 1 aromatic heterocycles. The monoisotopic (exact) mass is 326 g/mol. The van der Waals surface area contributed by atoms with Gasteiger partial charge in [-0.1, -0.05) is 33.6 Å². The molecule has 0 radical (unpaired) electrons. The van der Waals surface area contributed by atoms with E-state index in [9.17, 15) is 0 Å². The van der Waals surface area contributed by atoms with Crippen LogP contribution in [-0.2, 0) is 18.4 Å². The molecular formula is C12H12BrClN4. The Morgan fingerprint density at radius 3 is 3.00 bits per heavy atom. The van der Waals surface area contributed by atoms with E-state index in [0.29, 0.717) is 0 Å². The van der Waals surface area contributed by atoms with Crippen LogP contribution < -0.4 is 4.90 Å². The number of nitrogens with zero attached hydrogens (tertiary/aromatic N) is 4. The lowest BCUT2D eigenvalue weighted by Gasteiger charge is -2.29. The molecule has 6 heteroatoms. The first-order valence-electron chi connectivity index (χ1n) is 5.74. The third-order valence-corrected chi connectivity index (χ3v) is 4.10. The summed E-state index contributed by atoms with van der Waals surface area (Å²) in [5, 5.41) is 9.66. The van der Waals surface area contributed by atoms with Crippen LogP contribution in [0, 0.1) is 0 Å². The minimum Gasteiger partial charge on any atom is -0.361 e. The van der Waals surface area contributed by atoms with Gasteiger partial charge in [-0.25, -0.2) is 0 Å². The predicted octanol–water partition coefficient (Wildman–Crippen LogP) is 2.85. The number of hydrogen-bond acceptors (Lipinski definition) is 3. The van der Waals surface area contributed by atoms with E-state index < -0.39 is 0 Å². The lowest BCUT2D eigenvalue weighted by atomic mass is 10.2. The number of hydrogen-bond donors (Lipinski definition) is 0. The van der Waals surface area contributed by atoms with E-state index >= 15 is 0 Å². The highest BCUT2D eigenvalue weighted by Gasteiger charge is 2.19. The number of alkyl halides is 1. The summed E-state index contributed by atoms with van der Waals surface area (Å²) in [5.41, 5.74) is 2.25. The lowest BCUT2D eigenvalue weighted by Crippen LogP contribution is -2.33. The van der Waals surface area contributed by atoms with Crippen molar-refractivity contribution in [2.24, 2.45) is 0 Å². The van der Waals surface area contributed by atoms with E-state index in [4.69, 9.17) is 11.6 Å². The molecule has 0 saturated carbocycles. The number of halogens is 2. The van der Waals surface area contributed by atoms with Crippen molar-refractivity contribution in [2.45, 2.75) is 18.4 Å². The topological polar surface area (TPSA) is 34.0 Å². The van der Waals surface area contributed by atoms with Crippen molar-refractivity contribution in [1.82, 2.24) is 14.8 Å². The van der Waals surface area contributed by atoms with Crippen molar-refractivity contribution in [2.75, 3.05) is 11.4 Å². The second-order valence-corrected chi connectivity index (χ2v) is 5.25. The molecule has 0 aliphatic carbocycles. The van der Waals surface area contributed by atoms with Crippen LogP contribution in [0.25, 0.3) is 0 Å². The Bertz CT molecular complexity index is 569. The van der Waals surface area contributed by atoms with Gasteiger partial charge in [0.1, 0.15) is 6.33 Å². The first kappa shape index (κ1) is 12.0. The van der Waals surface area contributed by atoms with E-state index in [-0.39, 0.29) is 0 Å². The second kappa shape index (κ2) is 4.90. The first-order chi connectivity index (χ1) is 8.78. The molecular weight excluding hydrogens is 316 g/mol. The molecule has 1 aliphatic heterocycles. The molecule has 0 N–H and O–H groups in total. The Kier molecular flexibility index (Phi) is 3.26. The molecule has 4 nitrogen and oxygen atoms in total. The van der Waals surface area contributed by atoms with E-state index in [0.717, 1.165) is 41.5 Å². The van der Waals surface area contributed by atoms with Gasteiger partial charge in [0.05, 0.1) is 17.3 Å². The fraction of sp³-hybridized carbons (Fsp3) is 0.333. The van der Waals surface area contributed by atoms with Gasteiger partial charge < -0.3 is 9.47 Å². The fourth-order valence-electron chi connectivity index (χ4n) is 2.16. The third-order valence-electron chi connectivity index (χ3n) is 3.15. The zero-order valence-corrected chi connectivity index (χ0v) is 12.0. The normalized spacial score (nSPS) is 14.7. The second-order valence-electron chi connectivity index (χ2n) is 4.28. The van der Waals surface area contributed by atoms with Crippen molar-refractivity contribution in [1.29, 1.82) is 0 Å². The van der Waals surface area contributed by atoms with Gasteiger partial charge in [-0.05, 0) is 17.7 Å². The number of rotatable bonds is 2. The molecule has 1 aliphatic rings. The summed E-state index contributed by atoms with van der Waals surface area (Å²) in [4.78, 5) is 2.24. The quantitative estimate of drug-likeness (QED) is 0.795. The molecule has 0 unspecified atom stereocenters. The molecule has 18 heavy (non-hydrogen) atoms. The molecule has 0 bridgehead atoms. The van der Waals surface area contributed by atoms with Gasteiger partial charge in [-0.3, -0.25) is 0 Å². The number of fused-ring (bicyclic) bond motifs is 1. The summed E-state index contributed by atoms with van der Waals surface area (Å²) >= 11 is 9.77. The Balaban J connectivity index is 1.88. The van der Waals surface area contributed by atoms with Gasteiger partial charge >= 0.3 is 0 Å². The summed E-state index contributed by atoms with van der Waals surface area (Å²) in [6, 6.07) is 6.17. The zero-order chi connectivity index (χ0) is 12.5. The third kappa shape index (κ3) is 2.12. The van der Waals surface area contributed by atoms with E-state index in [1.165, 1.54) is 5.56 Å². The Hall–Kier alpha value is -1.07. The van der Waals surface area contributed by atoms with E-state index in [2.05, 4.69) is 47.7 Å². The highest BCUT2D eigenvalue weighted by Crippen LogP contribution is 2.29. The minimum absolute atomic E-state index is 0.757. The summed E-state index contributed by atoms with van der Waals surface area (Å²) in [6.45, 7) is 2.59. The zero-order valence-electron chi connectivity index (χ0n) is 9.68. The van der Waals surface area contributed by atoms with Crippen LogP contribution in [-0.4, -0.2) is 21.3 Å². The largest absolute Gasteiger partial charge is 0.361 e. The summed E-state index contributed by atoms with van der Waals surface area (Å²) in [7, 11) is 0. The van der Waals surface area contributed by atoms with E-state index in [1.807, 2.05) is 6.07 Å². The molecule has 0 saturated heterocycles. The Morgan fingerprint density at radius 2 is 2.22 bits per heavy atom. The average Bonchev–Trinajstić information content (AvgIpc) is 2.85. The fourth-order valence-corrected chi connectivity index (χ4v) is 2.83. The van der Waals surface area contributed by atoms with Gasteiger partial charge in [0, 0.05) is 18.4 Å². The molecule has 0 amide bonds. The van der Waals surface area contributed by atoms with Crippen LogP contribution in [0.3, 0.4) is 0 Å². The molecule has 0 spiro atoms. The van der Waals surface area contributed by atoms with Gasteiger partial charge in [0.15, 0.2) is 5.82 Å². The molecule has 2 aromatic rings. The molecule has 0 atom stereocenters. The number of benzene rings is 1. The SMILES string of the molecule is Clc1cc(CBr)ccc1N1CCn2cnnc2C1. The molecule has 2 heterocycles. The average molecular weight is 328 g/mol. The van der Waals surface area contributed by atoms with Crippen molar-refractivity contribution < 1.29 is 0 Å². The van der Waals surface area contributed by atoms with Crippen molar-refractivity contribution in [3.05, 3.63) is 40.9 Å². The Labute approximate surface area is 119 Å². The maximum absolute atomic E-state index is 6.34. The summed E-state index contributed by atoms with van der Waals surface area (Å²) < 4.78 is 2.08.